The van der Waals surface area contributed by atoms with E-state index in [4.69, 9.17) is 9.84 Å². The molecule has 1 aromatic rings. The summed E-state index contributed by atoms with van der Waals surface area (Å²) < 4.78 is 6.36. The summed E-state index contributed by atoms with van der Waals surface area (Å²) in [6, 6.07) is 6.52. The Labute approximate surface area is 101 Å². The van der Waals surface area contributed by atoms with Gasteiger partial charge in [0.2, 0.25) is 0 Å². The van der Waals surface area contributed by atoms with Crippen molar-refractivity contribution in [2.24, 2.45) is 4.99 Å². The summed E-state index contributed by atoms with van der Waals surface area (Å²) in [5.41, 5.74) is 0.816. The summed E-state index contributed by atoms with van der Waals surface area (Å²) >= 11 is 3.32. The molecule has 0 radical (unpaired) electrons. The molecule has 1 heterocycles. The zero-order chi connectivity index (χ0) is 11.7. The highest BCUT2D eigenvalue weighted by molar-refractivity contribution is 9.10. The lowest BCUT2D eigenvalue weighted by molar-refractivity contribution is -0.140. The normalized spacial score (nSPS) is 23.8. The van der Waals surface area contributed by atoms with E-state index in [1.807, 2.05) is 24.3 Å². The van der Waals surface area contributed by atoms with E-state index in [2.05, 4.69) is 20.9 Å². The highest BCUT2D eigenvalue weighted by Crippen LogP contribution is 2.30. The molecule has 2 atom stereocenters. The standard InChI is InChI=1S/C11H10BrNO3/c1-6-13-9(11(14)15)10(16-6)7-2-4-8(12)5-3-7/h2-5,9-10H,1H3,(H,14,15). The van der Waals surface area contributed by atoms with E-state index in [-0.39, 0.29) is 0 Å². The molecular weight excluding hydrogens is 274 g/mol. The van der Waals surface area contributed by atoms with Gasteiger partial charge < -0.3 is 9.84 Å². The van der Waals surface area contributed by atoms with E-state index in [0.717, 1.165) is 10.0 Å². The van der Waals surface area contributed by atoms with Crippen LogP contribution in [0.5, 0.6) is 0 Å². The molecule has 1 aromatic carbocycles. The zero-order valence-corrected chi connectivity index (χ0v) is 10.1. The van der Waals surface area contributed by atoms with Crippen molar-refractivity contribution in [3.63, 3.8) is 0 Å². The van der Waals surface area contributed by atoms with Crippen LogP contribution in [0.15, 0.2) is 33.7 Å². The third-order valence-electron chi connectivity index (χ3n) is 2.36. The van der Waals surface area contributed by atoms with Crippen molar-refractivity contribution in [2.45, 2.75) is 19.1 Å². The molecule has 0 aromatic heterocycles. The van der Waals surface area contributed by atoms with Crippen molar-refractivity contribution in [3.05, 3.63) is 34.3 Å². The summed E-state index contributed by atoms with van der Waals surface area (Å²) in [4.78, 5) is 15.0. The number of hydrogen-bond donors (Lipinski definition) is 1. The van der Waals surface area contributed by atoms with Crippen molar-refractivity contribution in [1.29, 1.82) is 0 Å². The molecule has 0 bridgehead atoms. The van der Waals surface area contributed by atoms with Gasteiger partial charge in [0.05, 0.1) is 0 Å². The highest BCUT2D eigenvalue weighted by atomic mass is 79.9. The largest absolute Gasteiger partial charge is 0.480 e. The van der Waals surface area contributed by atoms with Crippen LogP contribution in [-0.2, 0) is 9.53 Å². The molecule has 1 N–H and O–H groups in total. The van der Waals surface area contributed by atoms with Gasteiger partial charge in [-0.3, -0.25) is 0 Å². The molecule has 5 heteroatoms. The summed E-state index contributed by atoms with van der Waals surface area (Å²) in [7, 11) is 0. The Morgan fingerprint density at radius 3 is 2.62 bits per heavy atom. The number of aliphatic carboxylic acids is 1. The molecule has 0 saturated carbocycles. The van der Waals surface area contributed by atoms with Crippen LogP contribution in [0.3, 0.4) is 0 Å². The highest BCUT2D eigenvalue weighted by Gasteiger charge is 2.36. The minimum atomic E-state index is -0.968. The number of rotatable bonds is 2. The summed E-state index contributed by atoms with van der Waals surface area (Å²) in [6.07, 6.45) is -0.523. The number of hydrogen-bond acceptors (Lipinski definition) is 3. The van der Waals surface area contributed by atoms with E-state index < -0.39 is 18.1 Å². The van der Waals surface area contributed by atoms with Crippen molar-refractivity contribution < 1.29 is 14.6 Å². The number of aliphatic imine (C=N–C) groups is 1. The maximum absolute atomic E-state index is 11.0. The predicted molar refractivity (Wildman–Crippen MR) is 62.5 cm³/mol. The van der Waals surface area contributed by atoms with Gasteiger partial charge in [-0.25, -0.2) is 9.79 Å². The van der Waals surface area contributed by atoms with E-state index in [1.54, 1.807) is 6.92 Å². The monoisotopic (exact) mass is 283 g/mol. The zero-order valence-electron chi connectivity index (χ0n) is 8.55. The lowest BCUT2D eigenvalue weighted by atomic mass is 10.0. The maximum Gasteiger partial charge on any atom is 0.332 e. The Morgan fingerprint density at radius 1 is 1.44 bits per heavy atom. The molecule has 1 aliphatic rings. The smallest absolute Gasteiger partial charge is 0.332 e. The van der Waals surface area contributed by atoms with Gasteiger partial charge in [-0.15, -0.1) is 0 Å². The number of carboxylic acid groups (broad SMARTS) is 1. The fraction of sp³-hybridized carbons (Fsp3) is 0.273. The van der Waals surface area contributed by atoms with Crippen molar-refractivity contribution in [2.75, 3.05) is 0 Å². The Bertz CT molecular complexity index is 441. The number of carboxylic acids is 1. The van der Waals surface area contributed by atoms with Crippen LogP contribution in [0.1, 0.15) is 18.6 Å². The van der Waals surface area contributed by atoms with Gasteiger partial charge in [0, 0.05) is 11.4 Å². The third-order valence-corrected chi connectivity index (χ3v) is 2.89. The molecule has 0 aliphatic carbocycles. The molecule has 4 nitrogen and oxygen atoms in total. The quantitative estimate of drug-likeness (QED) is 0.907. The Kier molecular flexibility index (Phi) is 2.96. The second-order valence-corrected chi connectivity index (χ2v) is 4.44. The molecular formula is C11H10BrNO3. The third kappa shape index (κ3) is 2.09. The molecule has 2 unspecified atom stereocenters. The minimum Gasteiger partial charge on any atom is -0.480 e. The van der Waals surface area contributed by atoms with Gasteiger partial charge in [-0.1, -0.05) is 28.1 Å². The van der Waals surface area contributed by atoms with E-state index in [0.29, 0.717) is 5.90 Å². The Balaban J connectivity index is 2.28. The Morgan fingerprint density at radius 2 is 2.06 bits per heavy atom. The second kappa shape index (κ2) is 4.25. The van der Waals surface area contributed by atoms with Crippen LogP contribution in [0.2, 0.25) is 0 Å². The lowest BCUT2D eigenvalue weighted by Gasteiger charge is -2.14. The number of halogens is 1. The van der Waals surface area contributed by atoms with Crippen LogP contribution >= 0.6 is 15.9 Å². The fourth-order valence-corrected chi connectivity index (χ4v) is 1.89. The first-order chi connectivity index (χ1) is 7.58. The first kappa shape index (κ1) is 11.1. The molecule has 0 amide bonds. The van der Waals surface area contributed by atoms with E-state index in [1.165, 1.54) is 0 Å². The number of benzene rings is 1. The fourth-order valence-electron chi connectivity index (χ4n) is 1.63. The van der Waals surface area contributed by atoms with Crippen LogP contribution in [0.25, 0.3) is 0 Å². The molecule has 2 rings (SSSR count). The molecule has 0 saturated heterocycles. The van der Waals surface area contributed by atoms with Crippen LogP contribution in [0.4, 0.5) is 0 Å². The number of nitrogens with zero attached hydrogens (tertiary/aromatic N) is 1. The van der Waals surface area contributed by atoms with Gasteiger partial charge in [0.25, 0.3) is 0 Å². The van der Waals surface area contributed by atoms with E-state index in [9.17, 15) is 4.79 Å². The lowest BCUT2D eigenvalue weighted by Crippen LogP contribution is -2.23. The van der Waals surface area contributed by atoms with Crippen LogP contribution in [-0.4, -0.2) is 23.0 Å². The van der Waals surface area contributed by atoms with Gasteiger partial charge in [0.15, 0.2) is 18.0 Å². The minimum absolute atomic E-state index is 0.417. The van der Waals surface area contributed by atoms with Gasteiger partial charge >= 0.3 is 5.97 Å². The summed E-state index contributed by atoms with van der Waals surface area (Å²) in [5, 5.41) is 9.02. The van der Waals surface area contributed by atoms with Gasteiger partial charge in [-0.2, -0.15) is 0 Å². The topological polar surface area (TPSA) is 58.9 Å². The van der Waals surface area contributed by atoms with Crippen molar-refractivity contribution in [3.8, 4) is 0 Å². The SMILES string of the molecule is CC1=NC(C(=O)O)C(c2ccc(Br)cc2)O1. The van der Waals surface area contributed by atoms with Gasteiger partial charge in [0.1, 0.15) is 0 Å². The first-order valence-electron chi connectivity index (χ1n) is 4.77. The second-order valence-electron chi connectivity index (χ2n) is 3.52. The number of carbonyl (C=O) groups is 1. The van der Waals surface area contributed by atoms with E-state index >= 15 is 0 Å². The van der Waals surface area contributed by atoms with Crippen molar-refractivity contribution in [1.82, 2.24) is 0 Å². The number of ether oxygens (including phenoxy) is 1. The molecule has 16 heavy (non-hydrogen) atoms. The molecule has 0 spiro atoms. The first-order valence-corrected chi connectivity index (χ1v) is 5.56. The molecule has 84 valence electrons. The average molecular weight is 284 g/mol. The predicted octanol–water partition coefficient (Wildman–Crippen LogP) is 2.39. The molecule has 1 aliphatic heterocycles. The van der Waals surface area contributed by atoms with Gasteiger partial charge in [-0.05, 0) is 17.7 Å². The maximum atomic E-state index is 11.0. The Hall–Kier alpha value is -1.36. The summed E-state index contributed by atoms with van der Waals surface area (Å²) in [6.45, 7) is 1.66. The van der Waals surface area contributed by atoms with Crippen LogP contribution < -0.4 is 0 Å². The average Bonchev–Trinajstić information content (AvgIpc) is 2.61. The van der Waals surface area contributed by atoms with Crippen LogP contribution in [0, 0.1) is 0 Å². The van der Waals surface area contributed by atoms with Crippen molar-refractivity contribution >= 4 is 27.8 Å². The summed E-state index contributed by atoms with van der Waals surface area (Å²) in [5.74, 6) is -0.551. The molecule has 0 fully saturated rings.